The molecule has 0 aliphatic carbocycles. The summed E-state index contributed by atoms with van der Waals surface area (Å²) in [4.78, 5) is 0. The van der Waals surface area contributed by atoms with E-state index in [1.807, 2.05) is 0 Å². The Hall–Kier alpha value is -0.340. The fourth-order valence-corrected chi connectivity index (χ4v) is 0.904. The lowest BCUT2D eigenvalue weighted by molar-refractivity contribution is 0.424. The first-order valence-electron chi connectivity index (χ1n) is 5.01. The Balaban J connectivity index is 3.23. The summed E-state index contributed by atoms with van der Waals surface area (Å²) in [6.07, 6.45) is 2.21. The van der Waals surface area contributed by atoms with Crippen molar-refractivity contribution in [1.29, 1.82) is 0 Å². The van der Waals surface area contributed by atoms with E-state index in [4.69, 9.17) is 0 Å². The largest absolute Gasteiger partial charge is 0.312 e. The maximum Gasteiger partial charge on any atom is 0.0137 e. The van der Waals surface area contributed by atoms with Gasteiger partial charge in [-0.05, 0) is 34.6 Å². The van der Waals surface area contributed by atoms with E-state index in [0.717, 1.165) is 19.6 Å². The van der Waals surface area contributed by atoms with E-state index in [9.17, 15) is 0 Å². The average Bonchev–Trinajstić information content (AvgIpc) is 1.93. The predicted molar refractivity (Wildman–Crippen MR) is 60.1 cm³/mol. The number of nitrogens with one attached hydrogen (secondary N) is 2. The molecule has 0 saturated heterocycles. The summed E-state index contributed by atoms with van der Waals surface area (Å²) in [5.74, 6) is 0. The zero-order valence-electron chi connectivity index (χ0n) is 9.70. The Morgan fingerprint density at radius 3 is 2.23 bits per heavy atom. The molecule has 0 saturated carbocycles. The maximum absolute atomic E-state index is 3.43. The van der Waals surface area contributed by atoms with E-state index in [1.165, 1.54) is 5.57 Å². The van der Waals surface area contributed by atoms with Gasteiger partial charge in [0.25, 0.3) is 0 Å². The maximum atomic E-state index is 3.43. The van der Waals surface area contributed by atoms with Crippen LogP contribution < -0.4 is 10.6 Å². The Kier molecular flexibility index (Phi) is 6.00. The fraction of sp³-hybridized carbons (Fsp3) is 0.818. The Morgan fingerprint density at radius 2 is 1.77 bits per heavy atom. The number of rotatable bonds is 5. The SMILES string of the molecule is CC(C)=CCNCCNC(C)(C)C. The average molecular weight is 184 g/mol. The second kappa shape index (κ2) is 6.17. The number of hydrogen-bond donors (Lipinski definition) is 2. The van der Waals surface area contributed by atoms with Crippen molar-refractivity contribution in [3.05, 3.63) is 11.6 Å². The van der Waals surface area contributed by atoms with E-state index < -0.39 is 0 Å². The standard InChI is InChI=1S/C11H24N2/c1-10(2)6-7-12-8-9-13-11(3,4)5/h6,12-13H,7-9H2,1-5H3. The summed E-state index contributed by atoms with van der Waals surface area (Å²) in [5, 5.41) is 6.78. The molecule has 0 amide bonds. The first-order valence-corrected chi connectivity index (χ1v) is 5.01. The topological polar surface area (TPSA) is 24.1 Å². The van der Waals surface area contributed by atoms with Gasteiger partial charge in [-0.15, -0.1) is 0 Å². The van der Waals surface area contributed by atoms with Gasteiger partial charge in [0, 0.05) is 25.2 Å². The molecule has 0 heterocycles. The molecular weight excluding hydrogens is 160 g/mol. The molecular formula is C11H24N2. The van der Waals surface area contributed by atoms with Crippen molar-refractivity contribution in [2.24, 2.45) is 0 Å². The van der Waals surface area contributed by atoms with Crippen LogP contribution in [0.15, 0.2) is 11.6 Å². The molecule has 0 aromatic rings. The Bertz CT molecular complexity index is 150. The summed E-state index contributed by atoms with van der Waals surface area (Å²) in [6.45, 7) is 13.8. The second-order valence-corrected chi connectivity index (χ2v) is 4.66. The number of allylic oxidation sites excluding steroid dienone is 1. The highest BCUT2D eigenvalue weighted by Gasteiger charge is 2.06. The van der Waals surface area contributed by atoms with E-state index >= 15 is 0 Å². The number of hydrogen-bond acceptors (Lipinski definition) is 2. The van der Waals surface area contributed by atoms with Gasteiger partial charge in [0.15, 0.2) is 0 Å². The van der Waals surface area contributed by atoms with Gasteiger partial charge in [-0.3, -0.25) is 0 Å². The Labute approximate surface area is 82.8 Å². The minimum atomic E-state index is 0.234. The van der Waals surface area contributed by atoms with Gasteiger partial charge in [-0.25, -0.2) is 0 Å². The van der Waals surface area contributed by atoms with Crippen LogP contribution in [0, 0.1) is 0 Å². The highest BCUT2D eigenvalue weighted by atomic mass is 15.0. The highest BCUT2D eigenvalue weighted by Crippen LogP contribution is 1.96. The summed E-state index contributed by atoms with van der Waals surface area (Å²) in [5.41, 5.74) is 1.61. The molecule has 0 rings (SSSR count). The van der Waals surface area contributed by atoms with Crippen molar-refractivity contribution in [3.8, 4) is 0 Å². The Morgan fingerprint density at radius 1 is 1.15 bits per heavy atom. The normalized spacial score (nSPS) is 11.5. The van der Waals surface area contributed by atoms with Crippen LogP contribution in [0.4, 0.5) is 0 Å². The molecule has 0 atom stereocenters. The summed E-state index contributed by atoms with van der Waals surface area (Å²) in [7, 11) is 0. The van der Waals surface area contributed by atoms with Crippen molar-refractivity contribution < 1.29 is 0 Å². The lowest BCUT2D eigenvalue weighted by Crippen LogP contribution is -2.40. The zero-order valence-corrected chi connectivity index (χ0v) is 9.70. The van der Waals surface area contributed by atoms with Crippen LogP contribution in [0.25, 0.3) is 0 Å². The monoisotopic (exact) mass is 184 g/mol. The van der Waals surface area contributed by atoms with Crippen LogP contribution in [0.5, 0.6) is 0 Å². The van der Waals surface area contributed by atoms with Crippen LogP contribution in [-0.4, -0.2) is 25.2 Å². The summed E-state index contributed by atoms with van der Waals surface area (Å²) >= 11 is 0. The summed E-state index contributed by atoms with van der Waals surface area (Å²) in [6, 6.07) is 0. The molecule has 0 fully saturated rings. The quantitative estimate of drug-likeness (QED) is 0.504. The third-order valence-electron chi connectivity index (χ3n) is 1.61. The highest BCUT2D eigenvalue weighted by molar-refractivity contribution is 4.94. The molecule has 2 N–H and O–H groups in total. The molecule has 0 spiro atoms. The molecule has 0 unspecified atom stereocenters. The third-order valence-corrected chi connectivity index (χ3v) is 1.61. The van der Waals surface area contributed by atoms with Gasteiger partial charge < -0.3 is 10.6 Å². The van der Waals surface area contributed by atoms with Gasteiger partial charge in [-0.2, -0.15) is 0 Å². The van der Waals surface area contributed by atoms with Gasteiger partial charge in [0.05, 0.1) is 0 Å². The van der Waals surface area contributed by atoms with Gasteiger partial charge in [0.2, 0.25) is 0 Å². The fourth-order valence-electron chi connectivity index (χ4n) is 0.904. The lowest BCUT2D eigenvalue weighted by atomic mass is 10.1. The summed E-state index contributed by atoms with van der Waals surface area (Å²) < 4.78 is 0. The molecule has 78 valence electrons. The molecule has 0 aliphatic rings. The van der Waals surface area contributed by atoms with Crippen molar-refractivity contribution in [2.75, 3.05) is 19.6 Å². The van der Waals surface area contributed by atoms with Gasteiger partial charge in [-0.1, -0.05) is 11.6 Å². The molecule has 2 heteroatoms. The van der Waals surface area contributed by atoms with Gasteiger partial charge in [0.1, 0.15) is 0 Å². The molecule has 0 aromatic carbocycles. The van der Waals surface area contributed by atoms with Crippen LogP contribution in [-0.2, 0) is 0 Å². The molecule has 2 nitrogen and oxygen atoms in total. The first kappa shape index (κ1) is 12.7. The van der Waals surface area contributed by atoms with Crippen LogP contribution in [0.1, 0.15) is 34.6 Å². The van der Waals surface area contributed by atoms with Crippen molar-refractivity contribution >= 4 is 0 Å². The van der Waals surface area contributed by atoms with E-state index in [0.29, 0.717) is 0 Å². The smallest absolute Gasteiger partial charge is 0.0137 e. The first-order chi connectivity index (χ1) is 5.92. The molecule has 0 radical (unpaired) electrons. The predicted octanol–water partition coefficient (Wildman–Crippen LogP) is 1.93. The van der Waals surface area contributed by atoms with E-state index in [2.05, 4.69) is 51.3 Å². The van der Waals surface area contributed by atoms with E-state index in [1.54, 1.807) is 0 Å². The van der Waals surface area contributed by atoms with E-state index in [-0.39, 0.29) is 5.54 Å². The van der Waals surface area contributed by atoms with Crippen molar-refractivity contribution in [1.82, 2.24) is 10.6 Å². The molecule has 13 heavy (non-hydrogen) atoms. The lowest BCUT2D eigenvalue weighted by Gasteiger charge is -2.20. The third kappa shape index (κ3) is 11.7. The van der Waals surface area contributed by atoms with Crippen molar-refractivity contribution in [2.45, 2.75) is 40.2 Å². The molecule has 0 aromatic heterocycles. The van der Waals surface area contributed by atoms with Crippen LogP contribution in [0.3, 0.4) is 0 Å². The minimum absolute atomic E-state index is 0.234. The molecule has 0 aliphatic heterocycles. The minimum Gasteiger partial charge on any atom is -0.312 e. The van der Waals surface area contributed by atoms with Crippen LogP contribution in [0.2, 0.25) is 0 Å². The molecule has 0 bridgehead atoms. The van der Waals surface area contributed by atoms with Crippen molar-refractivity contribution in [3.63, 3.8) is 0 Å². The second-order valence-electron chi connectivity index (χ2n) is 4.66. The van der Waals surface area contributed by atoms with Crippen LogP contribution >= 0.6 is 0 Å². The van der Waals surface area contributed by atoms with Gasteiger partial charge >= 0.3 is 0 Å². The zero-order chi connectivity index (χ0) is 10.3.